The topological polar surface area (TPSA) is 17.1 Å². The highest BCUT2D eigenvalue weighted by Gasteiger charge is 2.16. The van der Waals surface area contributed by atoms with Crippen LogP contribution in [0.25, 0.3) is 0 Å². The Morgan fingerprint density at radius 2 is 1.37 bits per heavy atom. The highest BCUT2D eigenvalue weighted by atomic mass is 16.1. The fourth-order valence-electron chi connectivity index (χ4n) is 3.21. The Hall–Kier alpha value is -3.45. The standard InChI is InChI=1S/C26H22O/c1-3-20-18-19-26(27)25(23(20)4-2)17-11-16-24(21-12-7-5-8-13-21)22-14-9-6-10-15-22/h3-19,24H,1-2H2/b16-11-,25-17+. The van der Waals surface area contributed by atoms with Crippen molar-refractivity contribution in [2.45, 2.75) is 5.92 Å². The van der Waals surface area contributed by atoms with Crippen LogP contribution in [0.3, 0.4) is 0 Å². The van der Waals surface area contributed by atoms with Gasteiger partial charge in [0.1, 0.15) is 0 Å². The third-order valence-corrected chi connectivity index (χ3v) is 4.59. The highest BCUT2D eigenvalue weighted by Crippen LogP contribution is 2.27. The number of benzene rings is 2. The van der Waals surface area contributed by atoms with Gasteiger partial charge in [0.25, 0.3) is 0 Å². The molecule has 1 nitrogen and oxygen atoms in total. The van der Waals surface area contributed by atoms with Crippen LogP contribution in [0.1, 0.15) is 17.0 Å². The van der Waals surface area contributed by atoms with E-state index in [0.717, 1.165) is 11.1 Å². The Morgan fingerprint density at radius 3 is 1.89 bits per heavy atom. The van der Waals surface area contributed by atoms with Gasteiger partial charge in [-0.1, -0.05) is 110 Å². The van der Waals surface area contributed by atoms with Crippen LogP contribution in [0.2, 0.25) is 0 Å². The first kappa shape index (κ1) is 18.3. The van der Waals surface area contributed by atoms with Crippen LogP contribution < -0.4 is 0 Å². The first-order chi connectivity index (χ1) is 13.2. The van der Waals surface area contributed by atoms with E-state index < -0.39 is 0 Å². The zero-order chi connectivity index (χ0) is 19.1. The Kier molecular flexibility index (Phi) is 5.96. The van der Waals surface area contributed by atoms with Gasteiger partial charge in [-0.15, -0.1) is 0 Å². The number of rotatable bonds is 6. The molecule has 0 aromatic heterocycles. The fourth-order valence-corrected chi connectivity index (χ4v) is 3.21. The molecule has 0 N–H and O–H groups in total. The van der Waals surface area contributed by atoms with Crippen molar-refractivity contribution in [1.29, 1.82) is 0 Å². The number of hydrogen-bond acceptors (Lipinski definition) is 1. The molecule has 27 heavy (non-hydrogen) atoms. The van der Waals surface area contributed by atoms with Gasteiger partial charge in [-0.2, -0.15) is 0 Å². The largest absolute Gasteiger partial charge is 0.289 e. The second kappa shape index (κ2) is 8.77. The lowest BCUT2D eigenvalue weighted by molar-refractivity contribution is -0.111. The van der Waals surface area contributed by atoms with Crippen molar-refractivity contribution in [2.75, 3.05) is 0 Å². The van der Waals surface area contributed by atoms with Crippen molar-refractivity contribution in [2.24, 2.45) is 0 Å². The summed E-state index contributed by atoms with van der Waals surface area (Å²) >= 11 is 0. The maximum absolute atomic E-state index is 12.3. The second-order valence-electron chi connectivity index (χ2n) is 6.24. The van der Waals surface area contributed by atoms with E-state index in [1.807, 2.05) is 48.6 Å². The first-order valence-corrected chi connectivity index (χ1v) is 8.95. The summed E-state index contributed by atoms with van der Waals surface area (Å²) in [6.45, 7) is 7.67. The summed E-state index contributed by atoms with van der Waals surface area (Å²) in [6, 6.07) is 20.7. The highest BCUT2D eigenvalue weighted by molar-refractivity contribution is 6.10. The van der Waals surface area contributed by atoms with Crippen LogP contribution in [-0.2, 0) is 4.79 Å². The van der Waals surface area contributed by atoms with Gasteiger partial charge in [0, 0.05) is 11.5 Å². The molecule has 3 rings (SSSR count). The lowest BCUT2D eigenvalue weighted by Crippen LogP contribution is -2.06. The summed E-state index contributed by atoms with van der Waals surface area (Å²) in [5, 5.41) is 0. The third-order valence-electron chi connectivity index (χ3n) is 4.59. The van der Waals surface area contributed by atoms with Gasteiger partial charge >= 0.3 is 0 Å². The second-order valence-corrected chi connectivity index (χ2v) is 6.24. The van der Waals surface area contributed by atoms with E-state index in [-0.39, 0.29) is 11.7 Å². The Morgan fingerprint density at radius 1 is 0.778 bits per heavy atom. The molecule has 0 atom stereocenters. The van der Waals surface area contributed by atoms with Gasteiger partial charge in [-0.25, -0.2) is 0 Å². The molecule has 1 heteroatoms. The van der Waals surface area contributed by atoms with Crippen molar-refractivity contribution in [1.82, 2.24) is 0 Å². The number of carbonyl (C=O) groups is 1. The molecule has 2 aromatic carbocycles. The lowest BCUT2D eigenvalue weighted by Gasteiger charge is -2.14. The average molecular weight is 350 g/mol. The van der Waals surface area contributed by atoms with Crippen LogP contribution in [0.4, 0.5) is 0 Å². The fraction of sp³-hybridized carbons (Fsp3) is 0.0385. The molecule has 0 aliphatic heterocycles. The molecule has 2 aromatic rings. The van der Waals surface area contributed by atoms with Gasteiger partial charge in [0.15, 0.2) is 5.78 Å². The maximum Gasteiger partial charge on any atom is 0.186 e. The van der Waals surface area contributed by atoms with Crippen LogP contribution in [-0.4, -0.2) is 5.78 Å². The molecule has 132 valence electrons. The normalized spacial score (nSPS) is 15.7. The molecule has 1 aliphatic rings. The monoisotopic (exact) mass is 350 g/mol. The molecule has 0 bridgehead atoms. The molecular weight excluding hydrogens is 328 g/mol. The van der Waals surface area contributed by atoms with Crippen LogP contribution in [0.5, 0.6) is 0 Å². The van der Waals surface area contributed by atoms with E-state index in [1.54, 1.807) is 24.3 Å². The summed E-state index contributed by atoms with van der Waals surface area (Å²) in [5.41, 5.74) is 4.78. The average Bonchev–Trinajstić information content (AvgIpc) is 2.73. The quantitative estimate of drug-likeness (QED) is 0.575. The van der Waals surface area contributed by atoms with Crippen molar-refractivity contribution in [3.05, 3.63) is 144 Å². The number of carbonyl (C=O) groups excluding carboxylic acids is 1. The molecule has 0 amide bonds. The third kappa shape index (κ3) is 4.21. The van der Waals surface area contributed by atoms with Crippen LogP contribution >= 0.6 is 0 Å². The molecule has 0 fully saturated rings. The minimum absolute atomic E-state index is 0.0175. The van der Waals surface area contributed by atoms with Crippen molar-refractivity contribution >= 4 is 5.78 Å². The molecule has 1 aliphatic carbocycles. The predicted molar refractivity (Wildman–Crippen MR) is 114 cm³/mol. The smallest absolute Gasteiger partial charge is 0.186 e. The molecule has 0 saturated carbocycles. The van der Waals surface area contributed by atoms with Gasteiger partial charge in [0.05, 0.1) is 0 Å². The summed E-state index contributed by atoms with van der Waals surface area (Å²) in [7, 11) is 0. The van der Waals surface area contributed by atoms with E-state index in [1.165, 1.54) is 11.1 Å². The van der Waals surface area contributed by atoms with Gasteiger partial charge < -0.3 is 0 Å². The van der Waals surface area contributed by atoms with Crippen LogP contribution in [0.15, 0.2) is 133 Å². The summed E-state index contributed by atoms with van der Waals surface area (Å²) in [5.74, 6) is 0.102. The zero-order valence-corrected chi connectivity index (χ0v) is 15.2. The number of hydrogen-bond donors (Lipinski definition) is 0. The summed E-state index contributed by atoms with van der Waals surface area (Å²) < 4.78 is 0. The molecule has 0 radical (unpaired) electrons. The SMILES string of the molecule is C=CC1=C(C=C)/C(=C\C=C/C(c2ccccc2)c2ccccc2)C(=O)C=C1. The van der Waals surface area contributed by atoms with Crippen LogP contribution in [0, 0.1) is 0 Å². The van der Waals surface area contributed by atoms with E-state index in [2.05, 4.69) is 43.5 Å². The van der Waals surface area contributed by atoms with Gasteiger partial charge in [-0.05, 0) is 28.3 Å². The van der Waals surface area contributed by atoms with E-state index in [9.17, 15) is 4.79 Å². The predicted octanol–water partition coefficient (Wildman–Crippen LogP) is 6.11. The minimum Gasteiger partial charge on any atom is -0.289 e. The first-order valence-electron chi connectivity index (χ1n) is 8.95. The summed E-state index contributed by atoms with van der Waals surface area (Å²) in [6.07, 6.45) is 12.8. The molecule has 0 spiro atoms. The maximum atomic E-state index is 12.3. The Bertz CT molecular complexity index is 914. The van der Waals surface area contributed by atoms with Crippen molar-refractivity contribution in [3.8, 4) is 0 Å². The molecular formula is C26H22O. The Labute approximate surface area is 161 Å². The molecule has 0 unspecified atom stereocenters. The minimum atomic E-state index is -0.0175. The summed E-state index contributed by atoms with van der Waals surface area (Å²) in [4.78, 5) is 12.3. The molecule has 0 saturated heterocycles. The number of ketones is 1. The van der Waals surface area contributed by atoms with Gasteiger partial charge in [0.2, 0.25) is 0 Å². The van der Waals surface area contributed by atoms with E-state index in [4.69, 9.17) is 0 Å². The number of allylic oxidation sites excluding steroid dienone is 10. The lowest BCUT2D eigenvalue weighted by atomic mass is 9.89. The van der Waals surface area contributed by atoms with E-state index in [0.29, 0.717) is 5.57 Å². The van der Waals surface area contributed by atoms with Crippen molar-refractivity contribution < 1.29 is 4.79 Å². The Balaban J connectivity index is 1.98. The molecule has 0 heterocycles. The van der Waals surface area contributed by atoms with Gasteiger partial charge in [-0.3, -0.25) is 4.79 Å². The van der Waals surface area contributed by atoms with E-state index >= 15 is 0 Å². The van der Waals surface area contributed by atoms with Crippen molar-refractivity contribution in [3.63, 3.8) is 0 Å². The zero-order valence-electron chi connectivity index (χ0n) is 15.2.